The average molecular weight is 372 g/mol. The highest BCUT2D eigenvalue weighted by Crippen LogP contribution is 2.25. The van der Waals surface area contributed by atoms with Gasteiger partial charge in [-0.25, -0.2) is 0 Å². The molecule has 2 rings (SSSR count). The normalized spacial score (nSPS) is 10.2. The van der Waals surface area contributed by atoms with Crippen LogP contribution >= 0.6 is 34.2 Å². The summed E-state index contributed by atoms with van der Waals surface area (Å²) in [6, 6.07) is 13.0. The maximum atomic E-state index is 12.1. The van der Waals surface area contributed by atoms with Crippen molar-refractivity contribution in [2.75, 3.05) is 5.32 Å². The Morgan fingerprint density at radius 2 is 1.94 bits per heavy atom. The van der Waals surface area contributed by atoms with Gasteiger partial charge in [0, 0.05) is 9.13 Å². The van der Waals surface area contributed by atoms with Gasteiger partial charge in [0.25, 0.3) is 5.91 Å². The number of aryl methyl sites for hydroxylation is 1. The standard InChI is InChI=1S/C14H11ClINO/c1-9-4-2-7-12(13(9)15)17-14(18)10-5-3-6-11(16)8-10/h2-8H,1H3,(H,17,18). The van der Waals surface area contributed by atoms with Crippen molar-refractivity contribution in [3.8, 4) is 0 Å². The van der Waals surface area contributed by atoms with Gasteiger partial charge in [0.15, 0.2) is 0 Å². The summed E-state index contributed by atoms with van der Waals surface area (Å²) in [5, 5.41) is 3.40. The van der Waals surface area contributed by atoms with E-state index in [1.165, 1.54) is 0 Å². The van der Waals surface area contributed by atoms with E-state index in [2.05, 4.69) is 27.9 Å². The van der Waals surface area contributed by atoms with E-state index in [-0.39, 0.29) is 5.91 Å². The third kappa shape index (κ3) is 3.03. The monoisotopic (exact) mass is 371 g/mol. The second-order valence-corrected chi connectivity index (χ2v) is 5.52. The molecule has 0 bridgehead atoms. The second kappa shape index (κ2) is 5.71. The van der Waals surface area contributed by atoms with Gasteiger partial charge in [-0.3, -0.25) is 4.79 Å². The third-order valence-corrected chi connectivity index (χ3v) is 3.70. The van der Waals surface area contributed by atoms with Crippen LogP contribution in [0.3, 0.4) is 0 Å². The Morgan fingerprint density at radius 1 is 1.22 bits per heavy atom. The van der Waals surface area contributed by atoms with Crippen molar-refractivity contribution < 1.29 is 4.79 Å². The lowest BCUT2D eigenvalue weighted by atomic mass is 10.2. The largest absolute Gasteiger partial charge is 0.321 e. The number of carbonyl (C=O) groups is 1. The van der Waals surface area contributed by atoms with Gasteiger partial charge >= 0.3 is 0 Å². The molecule has 18 heavy (non-hydrogen) atoms. The number of hydrogen-bond acceptors (Lipinski definition) is 1. The molecule has 0 radical (unpaired) electrons. The minimum absolute atomic E-state index is 0.152. The van der Waals surface area contributed by atoms with Gasteiger partial charge in [-0.1, -0.05) is 29.8 Å². The number of nitrogens with one attached hydrogen (secondary N) is 1. The Kier molecular flexibility index (Phi) is 4.24. The van der Waals surface area contributed by atoms with Crippen LogP contribution in [0.15, 0.2) is 42.5 Å². The fourth-order valence-corrected chi connectivity index (χ4v) is 2.28. The van der Waals surface area contributed by atoms with Crippen molar-refractivity contribution in [3.63, 3.8) is 0 Å². The van der Waals surface area contributed by atoms with Gasteiger partial charge in [0.2, 0.25) is 0 Å². The molecule has 2 nitrogen and oxygen atoms in total. The van der Waals surface area contributed by atoms with Crippen LogP contribution in [0.2, 0.25) is 5.02 Å². The summed E-state index contributed by atoms with van der Waals surface area (Å²) in [7, 11) is 0. The molecule has 0 aliphatic heterocycles. The van der Waals surface area contributed by atoms with Crippen molar-refractivity contribution in [3.05, 3.63) is 62.2 Å². The third-order valence-electron chi connectivity index (χ3n) is 2.53. The van der Waals surface area contributed by atoms with Crippen molar-refractivity contribution in [1.82, 2.24) is 0 Å². The Hall–Kier alpha value is -1.07. The first-order valence-electron chi connectivity index (χ1n) is 5.40. The molecule has 0 saturated heterocycles. The molecule has 4 heteroatoms. The molecule has 0 unspecified atom stereocenters. The molecule has 2 aromatic carbocycles. The number of rotatable bonds is 2. The van der Waals surface area contributed by atoms with Crippen molar-refractivity contribution in [2.45, 2.75) is 6.92 Å². The van der Waals surface area contributed by atoms with Crippen LogP contribution in [0.1, 0.15) is 15.9 Å². The van der Waals surface area contributed by atoms with Gasteiger partial charge in [-0.05, 0) is 59.3 Å². The topological polar surface area (TPSA) is 29.1 Å². The summed E-state index contributed by atoms with van der Waals surface area (Å²) >= 11 is 8.32. The molecule has 0 aromatic heterocycles. The SMILES string of the molecule is Cc1cccc(NC(=O)c2cccc(I)c2)c1Cl. The van der Waals surface area contributed by atoms with Crippen LogP contribution in [0.25, 0.3) is 0 Å². The lowest BCUT2D eigenvalue weighted by Gasteiger charge is -2.09. The maximum absolute atomic E-state index is 12.1. The number of benzene rings is 2. The highest BCUT2D eigenvalue weighted by atomic mass is 127. The van der Waals surface area contributed by atoms with E-state index in [4.69, 9.17) is 11.6 Å². The first-order chi connectivity index (χ1) is 8.58. The molecular weight excluding hydrogens is 361 g/mol. The van der Waals surface area contributed by atoms with Crippen LogP contribution in [0.4, 0.5) is 5.69 Å². The predicted octanol–water partition coefficient (Wildman–Crippen LogP) is 4.51. The van der Waals surface area contributed by atoms with Gasteiger partial charge in [0.05, 0.1) is 10.7 Å². The molecule has 0 spiro atoms. The Bertz CT molecular complexity index is 598. The van der Waals surface area contributed by atoms with Gasteiger partial charge < -0.3 is 5.32 Å². The quantitative estimate of drug-likeness (QED) is 0.774. The minimum Gasteiger partial charge on any atom is -0.321 e. The lowest BCUT2D eigenvalue weighted by Crippen LogP contribution is -2.12. The molecular formula is C14H11ClINO. The zero-order chi connectivity index (χ0) is 13.1. The number of anilines is 1. The van der Waals surface area contributed by atoms with Crippen LogP contribution in [0.5, 0.6) is 0 Å². The highest BCUT2D eigenvalue weighted by Gasteiger charge is 2.09. The Labute approximate surface area is 124 Å². The van der Waals surface area contributed by atoms with Gasteiger partial charge in [-0.2, -0.15) is 0 Å². The van der Waals surface area contributed by atoms with E-state index >= 15 is 0 Å². The van der Waals surface area contributed by atoms with Gasteiger partial charge in [-0.15, -0.1) is 0 Å². The summed E-state index contributed by atoms with van der Waals surface area (Å²) < 4.78 is 1.02. The smallest absolute Gasteiger partial charge is 0.255 e. The molecule has 92 valence electrons. The van der Waals surface area contributed by atoms with Crippen LogP contribution in [0, 0.1) is 10.5 Å². The van der Waals surface area contributed by atoms with Gasteiger partial charge in [0.1, 0.15) is 0 Å². The predicted molar refractivity (Wildman–Crippen MR) is 83.3 cm³/mol. The fourth-order valence-electron chi connectivity index (χ4n) is 1.57. The molecule has 1 amide bonds. The summed E-state index contributed by atoms with van der Waals surface area (Å²) in [4.78, 5) is 12.1. The van der Waals surface area contributed by atoms with Crippen LogP contribution in [-0.2, 0) is 0 Å². The van der Waals surface area contributed by atoms with E-state index in [1.54, 1.807) is 12.1 Å². The molecule has 2 aromatic rings. The minimum atomic E-state index is -0.152. The zero-order valence-corrected chi connectivity index (χ0v) is 12.6. The molecule has 0 saturated carbocycles. The highest BCUT2D eigenvalue weighted by molar-refractivity contribution is 14.1. The van der Waals surface area contributed by atoms with Crippen molar-refractivity contribution >= 4 is 45.8 Å². The van der Waals surface area contributed by atoms with E-state index in [9.17, 15) is 4.79 Å². The molecule has 0 fully saturated rings. The first kappa shape index (κ1) is 13.4. The summed E-state index contributed by atoms with van der Waals surface area (Å²) in [6.45, 7) is 1.91. The summed E-state index contributed by atoms with van der Waals surface area (Å²) in [5.41, 5.74) is 2.21. The summed E-state index contributed by atoms with van der Waals surface area (Å²) in [6.07, 6.45) is 0. The molecule has 1 N–H and O–H groups in total. The van der Waals surface area contributed by atoms with Crippen LogP contribution < -0.4 is 5.32 Å². The number of amides is 1. The van der Waals surface area contributed by atoms with E-state index < -0.39 is 0 Å². The van der Waals surface area contributed by atoms with E-state index in [0.717, 1.165) is 9.13 Å². The first-order valence-corrected chi connectivity index (χ1v) is 6.85. The molecule has 0 aliphatic carbocycles. The molecule has 0 heterocycles. The van der Waals surface area contributed by atoms with E-state index in [0.29, 0.717) is 16.3 Å². The Morgan fingerprint density at radius 3 is 2.67 bits per heavy atom. The second-order valence-electron chi connectivity index (χ2n) is 3.90. The number of halogens is 2. The maximum Gasteiger partial charge on any atom is 0.255 e. The number of carbonyl (C=O) groups excluding carboxylic acids is 1. The average Bonchev–Trinajstić information content (AvgIpc) is 2.35. The van der Waals surface area contributed by atoms with Crippen molar-refractivity contribution in [2.24, 2.45) is 0 Å². The Balaban J connectivity index is 2.24. The van der Waals surface area contributed by atoms with Crippen molar-refractivity contribution in [1.29, 1.82) is 0 Å². The fraction of sp³-hybridized carbons (Fsp3) is 0.0714. The summed E-state index contributed by atoms with van der Waals surface area (Å²) in [5.74, 6) is -0.152. The zero-order valence-electron chi connectivity index (χ0n) is 9.71. The molecule has 0 aliphatic rings. The number of hydrogen-bond donors (Lipinski definition) is 1. The van der Waals surface area contributed by atoms with E-state index in [1.807, 2.05) is 37.3 Å². The molecule has 0 atom stereocenters. The van der Waals surface area contributed by atoms with Crippen LogP contribution in [-0.4, -0.2) is 5.91 Å². The lowest BCUT2D eigenvalue weighted by molar-refractivity contribution is 0.102.